The number of anilines is 1. The van der Waals surface area contributed by atoms with Crippen molar-refractivity contribution in [2.24, 2.45) is 0 Å². The van der Waals surface area contributed by atoms with Crippen LogP contribution in [0, 0.1) is 6.92 Å². The van der Waals surface area contributed by atoms with Crippen LogP contribution in [0.25, 0.3) is 10.8 Å². The smallest absolute Gasteiger partial charge is 0.252 e. The molecule has 0 radical (unpaired) electrons. The monoisotopic (exact) mass is 410 g/mol. The molecule has 0 aromatic heterocycles. The van der Waals surface area contributed by atoms with Gasteiger partial charge in [0, 0.05) is 11.3 Å². The molecule has 152 valence electrons. The molecule has 5 nitrogen and oxygen atoms in total. The summed E-state index contributed by atoms with van der Waals surface area (Å²) >= 11 is 0. The number of benzene rings is 3. The lowest BCUT2D eigenvalue weighted by Crippen LogP contribution is -2.28. The number of hydrogen-bond donors (Lipinski definition) is 2. The van der Waals surface area contributed by atoms with E-state index in [-0.39, 0.29) is 11.9 Å². The molecule has 3 aromatic carbocycles. The Labute approximate surface area is 172 Å². The second-order valence-electron chi connectivity index (χ2n) is 7.49. The summed E-state index contributed by atoms with van der Waals surface area (Å²) in [6.45, 7) is 6.99. The number of sulfonamides is 1. The highest BCUT2D eigenvalue weighted by Crippen LogP contribution is 2.25. The lowest BCUT2D eigenvalue weighted by Gasteiger charge is -2.18. The fourth-order valence-corrected chi connectivity index (χ4v) is 3.88. The maximum Gasteiger partial charge on any atom is 0.252 e. The van der Waals surface area contributed by atoms with E-state index in [1.807, 2.05) is 56.3 Å². The van der Waals surface area contributed by atoms with Gasteiger partial charge in [0.15, 0.2) is 0 Å². The van der Waals surface area contributed by atoms with Crippen LogP contribution in [0.2, 0.25) is 0 Å². The number of nitrogens with one attached hydrogen (secondary N) is 2. The zero-order valence-corrected chi connectivity index (χ0v) is 17.9. The molecule has 0 aliphatic heterocycles. The summed E-state index contributed by atoms with van der Waals surface area (Å²) in [5.41, 5.74) is 2.64. The minimum absolute atomic E-state index is 0.205. The van der Waals surface area contributed by atoms with E-state index in [4.69, 9.17) is 0 Å². The first-order chi connectivity index (χ1) is 13.7. The number of aryl methyl sites for hydroxylation is 1. The molecule has 2 N–H and O–H groups in total. The van der Waals surface area contributed by atoms with Gasteiger partial charge in [-0.15, -0.1) is 0 Å². The lowest BCUT2D eigenvalue weighted by molar-refractivity contribution is 0.0939. The number of amides is 1. The minimum atomic E-state index is -3.48. The van der Waals surface area contributed by atoms with Gasteiger partial charge in [0.25, 0.3) is 5.91 Å². The van der Waals surface area contributed by atoms with Crippen LogP contribution in [0.4, 0.5) is 5.69 Å². The lowest BCUT2D eigenvalue weighted by atomic mass is 9.99. The normalized spacial score (nSPS) is 12.7. The van der Waals surface area contributed by atoms with Crippen LogP contribution in [-0.4, -0.2) is 19.6 Å². The molecule has 3 rings (SSSR count). The van der Waals surface area contributed by atoms with Gasteiger partial charge in [-0.3, -0.25) is 9.52 Å². The van der Waals surface area contributed by atoms with Crippen molar-refractivity contribution in [3.63, 3.8) is 0 Å². The summed E-state index contributed by atoms with van der Waals surface area (Å²) in [5, 5.41) is 4.69. The molecule has 29 heavy (non-hydrogen) atoms. The molecule has 0 heterocycles. The molecule has 0 aliphatic rings. The van der Waals surface area contributed by atoms with Crippen LogP contribution in [0.5, 0.6) is 0 Å². The number of carbonyl (C=O) groups excluding carboxylic acids is 1. The van der Waals surface area contributed by atoms with Gasteiger partial charge in [-0.05, 0) is 61.7 Å². The molecule has 0 fully saturated rings. The average Bonchev–Trinajstić information content (AvgIpc) is 2.68. The second kappa shape index (κ2) is 8.25. The number of hydrogen-bond acceptors (Lipinski definition) is 3. The first kappa shape index (κ1) is 20.9. The van der Waals surface area contributed by atoms with Crippen LogP contribution in [0.1, 0.15) is 48.3 Å². The van der Waals surface area contributed by atoms with Gasteiger partial charge in [0.2, 0.25) is 10.0 Å². The Hall–Kier alpha value is -2.86. The highest BCUT2D eigenvalue weighted by Gasteiger charge is 2.19. The quantitative estimate of drug-likeness (QED) is 0.613. The number of fused-ring (bicyclic) bond motifs is 1. The van der Waals surface area contributed by atoms with Gasteiger partial charge >= 0.3 is 0 Å². The Morgan fingerprint density at radius 1 is 0.931 bits per heavy atom. The molecule has 0 unspecified atom stereocenters. The Bertz CT molecular complexity index is 1150. The zero-order chi connectivity index (χ0) is 21.2. The van der Waals surface area contributed by atoms with E-state index in [1.165, 1.54) is 0 Å². The standard InChI is InChI=1S/C23H26N2O3S/c1-15(2)29(27,28)25-19-13-12-16(3)22(14-19)23(26)24-17(4)20-11-7-9-18-8-5-6-10-21(18)20/h5-15,17,25H,1-4H3,(H,24,26)/t17-/m1/s1. The molecule has 3 aromatic rings. The predicted octanol–water partition coefficient (Wildman–Crippen LogP) is 4.79. The highest BCUT2D eigenvalue weighted by molar-refractivity contribution is 7.93. The third-order valence-corrected chi connectivity index (χ3v) is 6.76. The Balaban J connectivity index is 1.86. The molecule has 6 heteroatoms. The van der Waals surface area contributed by atoms with E-state index in [9.17, 15) is 13.2 Å². The second-order valence-corrected chi connectivity index (χ2v) is 9.73. The van der Waals surface area contributed by atoms with Crippen molar-refractivity contribution in [3.8, 4) is 0 Å². The molecule has 0 saturated carbocycles. The van der Waals surface area contributed by atoms with E-state index >= 15 is 0 Å². The van der Waals surface area contributed by atoms with E-state index in [1.54, 1.807) is 32.0 Å². The summed E-state index contributed by atoms with van der Waals surface area (Å²) in [7, 11) is -3.48. The summed E-state index contributed by atoms with van der Waals surface area (Å²) in [5.74, 6) is -0.242. The molecule has 0 saturated heterocycles. The van der Waals surface area contributed by atoms with E-state index in [0.29, 0.717) is 11.3 Å². The summed E-state index contributed by atoms with van der Waals surface area (Å²) in [6, 6.07) is 18.9. The summed E-state index contributed by atoms with van der Waals surface area (Å²) in [6.07, 6.45) is 0. The van der Waals surface area contributed by atoms with Crippen molar-refractivity contribution in [2.75, 3.05) is 4.72 Å². The number of rotatable bonds is 6. The van der Waals surface area contributed by atoms with Crippen molar-refractivity contribution < 1.29 is 13.2 Å². The first-order valence-corrected chi connectivity index (χ1v) is 11.1. The fraction of sp³-hybridized carbons (Fsp3) is 0.261. The third-order valence-electron chi connectivity index (χ3n) is 5.00. The molecule has 0 aliphatic carbocycles. The van der Waals surface area contributed by atoms with Crippen LogP contribution in [-0.2, 0) is 10.0 Å². The van der Waals surface area contributed by atoms with Gasteiger partial charge in [0.1, 0.15) is 0 Å². The third kappa shape index (κ3) is 4.59. The van der Waals surface area contributed by atoms with Crippen molar-refractivity contribution in [1.82, 2.24) is 5.32 Å². The molecular weight excluding hydrogens is 384 g/mol. The predicted molar refractivity (Wildman–Crippen MR) is 119 cm³/mol. The molecule has 1 atom stereocenters. The average molecular weight is 411 g/mol. The topological polar surface area (TPSA) is 75.3 Å². The fourth-order valence-electron chi connectivity index (χ4n) is 3.19. The minimum Gasteiger partial charge on any atom is -0.345 e. The van der Waals surface area contributed by atoms with Gasteiger partial charge < -0.3 is 5.32 Å². The van der Waals surface area contributed by atoms with Crippen LogP contribution >= 0.6 is 0 Å². The van der Waals surface area contributed by atoms with E-state index < -0.39 is 15.3 Å². The molecule has 1 amide bonds. The van der Waals surface area contributed by atoms with Gasteiger partial charge in [-0.1, -0.05) is 48.5 Å². The van der Waals surface area contributed by atoms with Crippen LogP contribution < -0.4 is 10.0 Å². The summed E-state index contributed by atoms with van der Waals surface area (Å²) in [4.78, 5) is 12.9. The van der Waals surface area contributed by atoms with E-state index in [0.717, 1.165) is 21.9 Å². The Morgan fingerprint density at radius 3 is 2.34 bits per heavy atom. The van der Waals surface area contributed by atoms with Crippen LogP contribution in [0.15, 0.2) is 60.7 Å². The van der Waals surface area contributed by atoms with Crippen molar-refractivity contribution in [3.05, 3.63) is 77.4 Å². The maximum atomic E-state index is 12.9. The Morgan fingerprint density at radius 2 is 1.62 bits per heavy atom. The van der Waals surface area contributed by atoms with E-state index in [2.05, 4.69) is 10.0 Å². The Kier molecular flexibility index (Phi) is 5.94. The molecule has 0 spiro atoms. The van der Waals surface area contributed by atoms with Crippen molar-refractivity contribution in [2.45, 2.75) is 39.0 Å². The van der Waals surface area contributed by atoms with Crippen LogP contribution in [0.3, 0.4) is 0 Å². The SMILES string of the molecule is Cc1ccc(NS(=O)(=O)C(C)C)cc1C(=O)N[C@H](C)c1cccc2ccccc12. The molecular formula is C23H26N2O3S. The maximum absolute atomic E-state index is 12.9. The zero-order valence-electron chi connectivity index (χ0n) is 17.1. The molecule has 0 bridgehead atoms. The first-order valence-electron chi connectivity index (χ1n) is 9.60. The van der Waals surface area contributed by atoms with Gasteiger partial charge in [-0.25, -0.2) is 8.42 Å². The van der Waals surface area contributed by atoms with Crippen molar-refractivity contribution >= 4 is 32.4 Å². The number of carbonyl (C=O) groups is 1. The van der Waals surface area contributed by atoms with Crippen molar-refractivity contribution in [1.29, 1.82) is 0 Å². The van der Waals surface area contributed by atoms with Gasteiger partial charge in [0.05, 0.1) is 11.3 Å². The highest BCUT2D eigenvalue weighted by atomic mass is 32.2. The largest absolute Gasteiger partial charge is 0.345 e. The summed E-state index contributed by atoms with van der Waals surface area (Å²) < 4.78 is 26.8. The van der Waals surface area contributed by atoms with Gasteiger partial charge in [-0.2, -0.15) is 0 Å².